The average molecular weight is 381 g/mol. The summed E-state index contributed by atoms with van der Waals surface area (Å²) >= 11 is 0. The fourth-order valence-corrected chi connectivity index (χ4v) is 3.81. The monoisotopic (exact) mass is 381 g/mol. The summed E-state index contributed by atoms with van der Waals surface area (Å²) in [5, 5.41) is 10.4. The van der Waals surface area contributed by atoms with Gasteiger partial charge in [0.15, 0.2) is 5.76 Å². The first kappa shape index (κ1) is 18.4. The van der Waals surface area contributed by atoms with Crippen molar-refractivity contribution >= 4 is 22.6 Å². The van der Waals surface area contributed by atoms with Gasteiger partial charge in [-0.15, -0.1) is 0 Å². The molecule has 1 aliphatic heterocycles. The Morgan fingerprint density at radius 3 is 2.64 bits per heavy atom. The number of rotatable bonds is 5. The van der Waals surface area contributed by atoms with Crippen molar-refractivity contribution in [3.8, 4) is 5.75 Å². The molecule has 3 aromatic rings. The minimum atomic E-state index is -0.399. The van der Waals surface area contributed by atoms with E-state index in [1.54, 1.807) is 25.1 Å². The molecule has 0 saturated carbocycles. The number of aromatic hydroxyl groups is 1. The number of nitrogens with one attached hydrogen (secondary N) is 1. The molecule has 0 bridgehead atoms. The first-order valence-electron chi connectivity index (χ1n) is 9.70. The number of quaternary nitrogens is 1. The number of phenols is 1. The van der Waals surface area contributed by atoms with E-state index in [-0.39, 0.29) is 5.75 Å². The largest absolute Gasteiger partial charge is 0.508 e. The third-order valence-corrected chi connectivity index (χ3v) is 5.23. The van der Waals surface area contributed by atoms with Gasteiger partial charge < -0.3 is 24.1 Å². The van der Waals surface area contributed by atoms with Crippen LogP contribution in [-0.2, 0) is 11.3 Å². The van der Waals surface area contributed by atoms with Gasteiger partial charge in [-0.05, 0) is 37.3 Å². The van der Waals surface area contributed by atoms with Crippen LogP contribution in [0.5, 0.6) is 5.75 Å². The highest BCUT2D eigenvalue weighted by atomic mass is 16.5. The van der Waals surface area contributed by atoms with Crippen LogP contribution in [0.2, 0.25) is 0 Å². The lowest BCUT2D eigenvalue weighted by Crippen LogP contribution is -3.13. The van der Waals surface area contributed by atoms with Crippen LogP contribution in [0, 0.1) is 0 Å². The summed E-state index contributed by atoms with van der Waals surface area (Å²) < 4.78 is 11.2. The molecule has 0 radical (unpaired) electrons. The van der Waals surface area contributed by atoms with Crippen molar-refractivity contribution in [1.29, 1.82) is 0 Å². The Balaban J connectivity index is 1.53. The second-order valence-corrected chi connectivity index (χ2v) is 7.05. The van der Waals surface area contributed by atoms with Crippen LogP contribution < -0.4 is 9.80 Å². The molecule has 1 aromatic heterocycles. The van der Waals surface area contributed by atoms with Gasteiger partial charge in [0.25, 0.3) is 0 Å². The Kier molecular flexibility index (Phi) is 5.21. The number of esters is 1. The molecule has 0 aliphatic carbocycles. The van der Waals surface area contributed by atoms with E-state index in [9.17, 15) is 9.90 Å². The van der Waals surface area contributed by atoms with Crippen LogP contribution in [0.15, 0.2) is 52.9 Å². The van der Waals surface area contributed by atoms with Crippen molar-refractivity contribution in [1.82, 2.24) is 0 Å². The molecule has 0 atom stereocenters. The van der Waals surface area contributed by atoms with Crippen LogP contribution in [0.4, 0.5) is 5.69 Å². The predicted octanol–water partition coefficient (Wildman–Crippen LogP) is 2.22. The first-order valence-corrected chi connectivity index (χ1v) is 9.70. The van der Waals surface area contributed by atoms with Crippen molar-refractivity contribution in [3.63, 3.8) is 0 Å². The highest BCUT2D eigenvalue weighted by molar-refractivity contribution is 6.04. The third kappa shape index (κ3) is 3.68. The Labute approximate surface area is 163 Å². The molecule has 0 amide bonds. The summed E-state index contributed by atoms with van der Waals surface area (Å²) in [5.74, 6) is 0.334. The van der Waals surface area contributed by atoms with Gasteiger partial charge in [-0.3, -0.25) is 0 Å². The van der Waals surface area contributed by atoms with Gasteiger partial charge >= 0.3 is 5.97 Å². The lowest BCUT2D eigenvalue weighted by atomic mass is 10.1. The maximum Gasteiger partial charge on any atom is 0.342 e. The molecular weight excluding hydrogens is 356 g/mol. The normalized spacial score (nSPS) is 15.1. The molecule has 28 heavy (non-hydrogen) atoms. The van der Waals surface area contributed by atoms with Crippen molar-refractivity contribution < 1.29 is 24.0 Å². The van der Waals surface area contributed by atoms with E-state index in [0.717, 1.165) is 26.2 Å². The standard InChI is InChI=1S/C22H24N2O4/c1-2-27-22(26)21-18-14-17(25)8-9-19(18)28-20(21)15-23-10-12-24(13-11-23)16-6-4-3-5-7-16/h3-9,14,25H,2,10-13,15H2,1H3/p+1. The molecule has 2 heterocycles. The van der Waals surface area contributed by atoms with E-state index >= 15 is 0 Å². The fraction of sp³-hybridized carbons (Fsp3) is 0.318. The van der Waals surface area contributed by atoms with Crippen molar-refractivity contribution in [2.45, 2.75) is 13.5 Å². The number of furan rings is 1. The first-order chi connectivity index (χ1) is 13.7. The van der Waals surface area contributed by atoms with Crippen molar-refractivity contribution in [2.75, 3.05) is 37.7 Å². The fourth-order valence-electron chi connectivity index (χ4n) is 3.81. The van der Waals surface area contributed by atoms with Crippen molar-refractivity contribution in [3.05, 3.63) is 59.9 Å². The van der Waals surface area contributed by atoms with E-state index in [4.69, 9.17) is 9.15 Å². The number of anilines is 1. The number of nitrogens with zero attached hydrogens (tertiary/aromatic N) is 1. The van der Waals surface area contributed by atoms with Gasteiger partial charge in [0, 0.05) is 11.1 Å². The maximum absolute atomic E-state index is 12.5. The molecule has 1 saturated heterocycles. The Morgan fingerprint density at radius 1 is 1.18 bits per heavy atom. The van der Waals surface area contributed by atoms with E-state index in [0.29, 0.717) is 35.4 Å². The second kappa shape index (κ2) is 7.94. The lowest BCUT2D eigenvalue weighted by molar-refractivity contribution is -0.915. The summed E-state index contributed by atoms with van der Waals surface area (Å²) in [6, 6.07) is 15.2. The summed E-state index contributed by atoms with van der Waals surface area (Å²) in [4.78, 5) is 16.3. The SMILES string of the molecule is CCOC(=O)c1c(C[NH+]2CCN(c3ccccc3)CC2)oc2ccc(O)cc12. The number of carbonyl (C=O) groups is 1. The maximum atomic E-state index is 12.5. The van der Waals surface area contributed by atoms with Gasteiger partial charge in [0.1, 0.15) is 23.4 Å². The second-order valence-electron chi connectivity index (χ2n) is 7.05. The number of carbonyl (C=O) groups excluding carboxylic acids is 1. The van der Waals surface area contributed by atoms with Crippen LogP contribution in [0.3, 0.4) is 0 Å². The van der Waals surface area contributed by atoms with E-state index in [1.165, 1.54) is 10.6 Å². The number of phenolic OH excluding ortho intramolecular Hbond substituents is 1. The van der Waals surface area contributed by atoms with Gasteiger partial charge in [-0.25, -0.2) is 4.79 Å². The smallest absolute Gasteiger partial charge is 0.342 e. The van der Waals surface area contributed by atoms with Crippen LogP contribution in [0.25, 0.3) is 11.0 Å². The molecule has 0 spiro atoms. The number of benzene rings is 2. The molecule has 6 heteroatoms. The molecule has 1 aliphatic rings. The molecule has 2 aromatic carbocycles. The van der Waals surface area contributed by atoms with Gasteiger partial charge in [0.2, 0.25) is 0 Å². The zero-order valence-electron chi connectivity index (χ0n) is 16.0. The molecule has 1 fully saturated rings. The van der Waals surface area contributed by atoms with Crippen LogP contribution in [0.1, 0.15) is 23.0 Å². The molecule has 0 unspecified atom stereocenters. The number of para-hydroxylation sites is 1. The van der Waals surface area contributed by atoms with Crippen LogP contribution in [-0.4, -0.2) is 43.9 Å². The van der Waals surface area contributed by atoms with E-state index in [2.05, 4.69) is 29.2 Å². The topological polar surface area (TPSA) is 67.4 Å². The quantitative estimate of drug-likeness (QED) is 0.664. The zero-order valence-corrected chi connectivity index (χ0v) is 16.0. The summed E-state index contributed by atoms with van der Waals surface area (Å²) in [6.45, 7) is 6.52. The Bertz CT molecular complexity index is 959. The van der Waals surface area contributed by atoms with Crippen molar-refractivity contribution in [2.24, 2.45) is 0 Å². The number of fused-ring (bicyclic) bond motifs is 1. The summed E-state index contributed by atoms with van der Waals surface area (Å²) in [6.07, 6.45) is 0. The van der Waals surface area contributed by atoms with Crippen LogP contribution >= 0.6 is 0 Å². The minimum absolute atomic E-state index is 0.106. The lowest BCUT2D eigenvalue weighted by Gasteiger charge is -2.33. The minimum Gasteiger partial charge on any atom is -0.508 e. The molecule has 4 rings (SSSR count). The Morgan fingerprint density at radius 2 is 1.93 bits per heavy atom. The van der Waals surface area contributed by atoms with E-state index in [1.807, 2.05) is 6.07 Å². The third-order valence-electron chi connectivity index (χ3n) is 5.23. The predicted molar refractivity (Wildman–Crippen MR) is 107 cm³/mol. The average Bonchev–Trinajstić information content (AvgIpc) is 3.06. The number of hydrogen-bond donors (Lipinski definition) is 2. The zero-order chi connectivity index (χ0) is 19.5. The summed E-state index contributed by atoms with van der Waals surface area (Å²) in [7, 11) is 0. The highest BCUT2D eigenvalue weighted by Gasteiger charge is 2.27. The van der Waals surface area contributed by atoms with Gasteiger partial charge in [-0.2, -0.15) is 0 Å². The van der Waals surface area contributed by atoms with Gasteiger partial charge in [0.05, 0.1) is 32.8 Å². The summed E-state index contributed by atoms with van der Waals surface area (Å²) in [5.41, 5.74) is 2.27. The molecule has 6 nitrogen and oxygen atoms in total. The van der Waals surface area contributed by atoms with Gasteiger partial charge in [-0.1, -0.05) is 18.2 Å². The molecular formula is C22H25N2O4+. The number of piperazine rings is 1. The Hall–Kier alpha value is -2.99. The number of hydrogen-bond acceptors (Lipinski definition) is 5. The molecule has 2 N–H and O–H groups in total. The highest BCUT2D eigenvalue weighted by Crippen LogP contribution is 2.29. The number of ether oxygens (including phenoxy) is 1. The molecule has 146 valence electrons. The van der Waals surface area contributed by atoms with E-state index < -0.39 is 5.97 Å².